The number of likely N-dealkylation sites (N-methyl/N-ethyl adjacent to an activating group) is 1. The molecule has 4 nitrogen and oxygen atoms in total. The number of rotatable bonds is 2. The van der Waals surface area contributed by atoms with Crippen molar-refractivity contribution in [2.24, 2.45) is 0 Å². The molecule has 4 heteroatoms. The summed E-state index contributed by atoms with van der Waals surface area (Å²) in [6, 6.07) is 8.25. The van der Waals surface area contributed by atoms with Crippen molar-refractivity contribution >= 4 is 11.6 Å². The molecular weight excluding hydrogens is 238 g/mol. The Balaban J connectivity index is 1.63. The van der Waals surface area contributed by atoms with Gasteiger partial charge in [0.2, 0.25) is 5.91 Å². The van der Waals surface area contributed by atoms with Gasteiger partial charge < -0.3 is 9.80 Å². The summed E-state index contributed by atoms with van der Waals surface area (Å²) in [6.45, 7) is 5.51. The van der Waals surface area contributed by atoms with Crippen LogP contribution in [0.2, 0.25) is 0 Å². The molecule has 19 heavy (non-hydrogen) atoms. The Morgan fingerprint density at radius 1 is 1.11 bits per heavy atom. The van der Waals surface area contributed by atoms with Gasteiger partial charge in [0, 0.05) is 38.4 Å². The number of carbonyl (C=O) groups is 1. The Kier molecular flexibility index (Phi) is 3.53. The summed E-state index contributed by atoms with van der Waals surface area (Å²) in [5, 5.41) is 0. The van der Waals surface area contributed by atoms with Crippen molar-refractivity contribution in [2.45, 2.75) is 6.42 Å². The maximum absolute atomic E-state index is 12.4. The second-order valence-electron chi connectivity index (χ2n) is 5.50. The second-order valence-corrected chi connectivity index (χ2v) is 5.50. The zero-order chi connectivity index (χ0) is 13.2. The van der Waals surface area contributed by atoms with Crippen LogP contribution >= 0.6 is 0 Å². The van der Waals surface area contributed by atoms with Crippen LogP contribution in [0.4, 0.5) is 5.69 Å². The van der Waals surface area contributed by atoms with Crippen LogP contribution in [0.1, 0.15) is 5.56 Å². The molecule has 2 aliphatic heterocycles. The summed E-state index contributed by atoms with van der Waals surface area (Å²) in [5.74, 6) is 0.245. The van der Waals surface area contributed by atoms with Gasteiger partial charge in [0.1, 0.15) is 0 Å². The van der Waals surface area contributed by atoms with Gasteiger partial charge in [-0.05, 0) is 25.1 Å². The second kappa shape index (κ2) is 5.31. The average Bonchev–Trinajstić information content (AvgIpc) is 2.85. The van der Waals surface area contributed by atoms with Crippen LogP contribution in [0.5, 0.6) is 0 Å². The molecule has 1 amide bonds. The van der Waals surface area contributed by atoms with Crippen LogP contribution in [-0.4, -0.2) is 62.0 Å². The van der Waals surface area contributed by atoms with Crippen LogP contribution in [0.25, 0.3) is 0 Å². The summed E-state index contributed by atoms with van der Waals surface area (Å²) in [5.41, 5.74) is 2.41. The molecule has 2 aliphatic rings. The van der Waals surface area contributed by atoms with Crippen LogP contribution in [0.15, 0.2) is 24.3 Å². The van der Waals surface area contributed by atoms with Gasteiger partial charge in [-0.3, -0.25) is 9.69 Å². The van der Waals surface area contributed by atoms with Gasteiger partial charge in [0.05, 0.1) is 6.54 Å². The number of fused-ring (bicyclic) bond motifs is 1. The third-order valence-electron chi connectivity index (χ3n) is 4.14. The van der Waals surface area contributed by atoms with E-state index in [0.29, 0.717) is 6.54 Å². The molecule has 0 spiro atoms. The van der Waals surface area contributed by atoms with Crippen molar-refractivity contribution in [3.8, 4) is 0 Å². The highest BCUT2D eigenvalue weighted by atomic mass is 16.2. The van der Waals surface area contributed by atoms with E-state index < -0.39 is 0 Å². The Hall–Kier alpha value is -1.39. The van der Waals surface area contributed by atoms with Crippen molar-refractivity contribution in [1.82, 2.24) is 9.80 Å². The number of amides is 1. The molecule has 0 unspecified atom stereocenters. The molecule has 1 aromatic rings. The van der Waals surface area contributed by atoms with Gasteiger partial charge >= 0.3 is 0 Å². The zero-order valence-corrected chi connectivity index (χ0v) is 11.5. The lowest BCUT2D eigenvalue weighted by Crippen LogP contribution is -2.48. The molecular formula is C15H21N3O. The van der Waals surface area contributed by atoms with E-state index in [1.165, 1.54) is 5.56 Å². The first-order valence-electron chi connectivity index (χ1n) is 7.03. The lowest BCUT2D eigenvalue weighted by molar-refractivity contribution is -0.120. The summed E-state index contributed by atoms with van der Waals surface area (Å²) >= 11 is 0. The molecule has 3 rings (SSSR count). The summed E-state index contributed by atoms with van der Waals surface area (Å²) in [6.07, 6.45) is 0.991. The van der Waals surface area contributed by atoms with E-state index in [2.05, 4.69) is 29.0 Å². The third kappa shape index (κ3) is 2.65. The smallest absolute Gasteiger partial charge is 0.241 e. The Morgan fingerprint density at radius 3 is 2.63 bits per heavy atom. The number of piperazine rings is 1. The minimum Gasteiger partial charge on any atom is -0.311 e. The lowest BCUT2D eigenvalue weighted by Gasteiger charge is -2.32. The summed E-state index contributed by atoms with van der Waals surface area (Å²) in [4.78, 5) is 19.0. The Labute approximate surface area is 114 Å². The predicted molar refractivity (Wildman–Crippen MR) is 76.4 cm³/mol. The number of carbonyl (C=O) groups excluding carboxylic acids is 1. The SMILES string of the molecule is CN1CCN(CC(=O)N2CCc3ccccc32)CC1. The van der Waals surface area contributed by atoms with E-state index in [1.807, 2.05) is 17.0 Å². The highest BCUT2D eigenvalue weighted by Gasteiger charge is 2.26. The molecule has 1 saturated heterocycles. The van der Waals surface area contributed by atoms with E-state index in [0.717, 1.165) is 44.8 Å². The van der Waals surface area contributed by atoms with Crippen molar-refractivity contribution in [2.75, 3.05) is 51.2 Å². The zero-order valence-electron chi connectivity index (χ0n) is 11.5. The molecule has 2 heterocycles. The van der Waals surface area contributed by atoms with E-state index >= 15 is 0 Å². The molecule has 0 aromatic heterocycles. The molecule has 1 fully saturated rings. The van der Waals surface area contributed by atoms with Crippen molar-refractivity contribution in [3.63, 3.8) is 0 Å². The van der Waals surface area contributed by atoms with Gasteiger partial charge in [-0.25, -0.2) is 0 Å². The highest BCUT2D eigenvalue weighted by Crippen LogP contribution is 2.27. The molecule has 0 N–H and O–H groups in total. The first kappa shape index (κ1) is 12.6. The molecule has 0 aliphatic carbocycles. The number of benzene rings is 1. The fourth-order valence-electron chi connectivity index (χ4n) is 2.88. The lowest BCUT2D eigenvalue weighted by atomic mass is 10.2. The molecule has 1 aromatic carbocycles. The van der Waals surface area contributed by atoms with E-state index in [9.17, 15) is 4.79 Å². The van der Waals surface area contributed by atoms with Gasteiger partial charge in [-0.1, -0.05) is 18.2 Å². The average molecular weight is 259 g/mol. The maximum atomic E-state index is 12.4. The Morgan fingerprint density at radius 2 is 1.84 bits per heavy atom. The number of para-hydroxylation sites is 1. The molecule has 0 saturated carbocycles. The van der Waals surface area contributed by atoms with Gasteiger partial charge in [-0.15, -0.1) is 0 Å². The molecule has 0 radical (unpaired) electrons. The Bertz CT molecular complexity index is 466. The highest BCUT2D eigenvalue weighted by molar-refractivity contribution is 5.96. The first-order valence-corrected chi connectivity index (χ1v) is 7.03. The maximum Gasteiger partial charge on any atom is 0.241 e. The molecule has 102 valence electrons. The minimum atomic E-state index is 0.245. The van der Waals surface area contributed by atoms with Crippen molar-refractivity contribution < 1.29 is 4.79 Å². The minimum absolute atomic E-state index is 0.245. The fourth-order valence-corrected chi connectivity index (χ4v) is 2.88. The summed E-state index contributed by atoms with van der Waals surface area (Å²) < 4.78 is 0. The standard InChI is InChI=1S/C15H21N3O/c1-16-8-10-17(11-9-16)12-15(19)18-7-6-13-4-2-3-5-14(13)18/h2-5H,6-12H2,1H3. The van der Waals surface area contributed by atoms with E-state index in [4.69, 9.17) is 0 Å². The van der Waals surface area contributed by atoms with Crippen LogP contribution < -0.4 is 4.90 Å². The fraction of sp³-hybridized carbons (Fsp3) is 0.533. The normalized spacial score (nSPS) is 20.6. The van der Waals surface area contributed by atoms with Crippen LogP contribution in [0.3, 0.4) is 0 Å². The van der Waals surface area contributed by atoms with Gasteiger partial charge in [0.15, 0.2) is 0 Å². The molecule has 0 atom stereocenters. The van der Waals surface area contributed by atoms with Gasteiger partial charge in [0.25, 0.3) is 0 Å². The van der Waals surface area contributed by atoms with Crippen molar-refractivity contribution in [1.29, 1.82) is 0 Å². The quantitative estimate of drug-likeness (QED) is 0.787. The number of hydrogen-bond acceptors (Lipinski definition) is 3. The number of nitrogens with zero attached hydrogens (tertiary/aromatic N) is 3. The summed E-state index contributed by atoms with van der Waals surface area (Å²) in [7, 11) is 2.13. The monoisotopic (exact) mass is 259 g/mol. The predicted octanol–water partition coefficient (Wildman–Crippen LogP) is 0.823. The van der Waals surface area contributed by atoms with Gasteiger partial charge in [-0.2, -0.15) is 0 Å². The van der Waals surface area contributed by atoms with Crippen LogP contribution in [0, 0.1) is 0 Å². The van der Waals surface area contributed by atoms with E-state index in [1.54, 1.807) is 0 Å². The largest absolute Gasteiger partial charge is 0.311 e. The topological polar surface area (TPSA) is 26.8 Å². The first-order chi connectivity index (χ1) is 9.24. The molecule has 0 bridgehead atoms. The van der Waals surface area contributed by atoms with Crippen molar-refractivity contribution in [3.05, 3.63) is 29.8 Å². The van der Waals surface area contributed by atoms with Crippen LogP contribution in [-0.2, 0) is 11.2 Å². The number of anilines is 1. The third-order valence-corrected chi connectivity index (χ3v) is 4.14. The van der Waals surface area contributed by atoms with E-state index in [-0.39, 0.29) is 5.91 Å². The number of hydrogen-bond donors (Lipinski definition) is 0.